The van der Waals surface area contributed by atoms with Gasteiger partial charge >= 0.3 is 5.97 Å². The van der Waals surface area contributed by atoms with E-state index in [-0.39, 0.29) is 15.9 Å². The number of carboxylic acids is 1. The topological polar surface area (TPSA) is 72.6 Å². The summed E-state index contributed by atoms with van der Waals surface area (Å²) >= 11 is 3.10. The molecule has 0 aliphatic rings. The summed E-state index contributed by atoms with van der Waals surface area (Å²) in [7, 11) is 1.44. The molecule has 0 amide bonds. The fourth-order valence-electron chi connectivity index (χ4n) is 1.72. The molecule has 0 saturated heterocycles. The van der Waals surface area contributed by atoms with Gasteiger partial charge in [0.15, 0.2) is 0 Å². The molecule has 0 saturated carbocycles. The quantitative estimate of drug-likeness (QED) is 0.935. The molecule has 1 aromatic carbocycles. The van der Waals surface area contributed by atoms with E-state index in [2.05, 4.69) is 25.6 Å². The molecule has 0 aliphatic heterocycles. The van der Waals surface area contributed by atoms with Gasteiger partial charge in [-0.25, -0.2) is 9.18 Å². The number of hydrogen-bond donors (Lipinski definition) is 1. The molecule has 0 spiro atoms. The number of carboxylic acid groups (broad SMARTS) is 1. The lowest BCUT2D eigenvalue weighted by Gasteiger charge is -2.12. The molecular formula is C12H9BrFNO4. The van der Waals surface area contributed by atoms with E-state index >= 15 is 0 Å². The molecule has 0 fully saturated rings. The summed E-state index contributed by atoms with van der Waals surface area (Å²) < 4.78 is 23.7. The molecule has 2 rings (SSSR count). The maximum atomic E-state index is 13.7. The third kappa shape index (κ3) is 2.33. The van der Waals surface area contributed by atoms with Crippen molar-refractivity contribution in [2.45, 2.75) is 6.92 Å². The van der Waals surface area contributed by atoms with E-state index in [9.17, 15) is 9.18 Å². The van der Waals surface area contributed by atoms with Crippen LogP contribution < -0.4 is 4.74 Å². The van der Waals surface area contributed by atoms with Gasteiger partial charge in [-0.1, -0.05) is 5.16 Å². The van der Waals surface area contributed by atoms with E-state index in [0.717, 1.165) is 0 Å². The first-order valence-corrected chi connectivity index (χ1v) is 5.98. The SMILES string of the molecule is COc1c(C)cc(F)c(Br)c1-c1cc(C(=O)O)on1. The highest BCUT2D eigenvalue weighted by atomic mass is 79.9. The van der Waals surface area contributed by atoms with Crippen molar-refractivity contribution >= 4 is 21.9 Å². The van der Waals surface area contributed by atoms with Crippen LogP contribution in [-0.4, -0.2) is 23.3 Å². The van der Waals surface area contributed by atoms with Gasteiger partial charge < -0.3 is 14.4 Å². The summed E-state index contributed by atoms with van der Waals surface area (Å²) in [4.78, 5) is 10.8. The van der Waals surface area contributed by atoms with Crippen LogP contribution in [0.15, 0.2) is 21.1 Å². The maximum Gasteiger partial charge on any atom is 0.374 e. The highest BCUT2D eigenvalue weighted by Gasteiger charge is 2.21. The number of halogens is 2. The van der Waals surface area contributed by atoms with Gasteiger partial charge in [-0.05, 0) is 34.5 Å². The van der Waals surface area contributed by atoms with Gasteiger partial charge in [-0.15, -0.1) is 0 Å². The minimum absolute atomic E-state index is 0.139. The third-order valence-electron chi connectivity index (χ3n) is 2.54. The zero-order valence-electron chi connectivity index (χ0n) is 10.0. The van der Waals surface area contributed by atoms with Gasteiger partial charge in [0, 0.05) is 6.07 Å². The minimum atomic E-state index is -1.25. The largest absolute Gasteiger partial charge is 0.496 e. The van der Waals surface area contributed by atoms with E-state index in [1.807, 2.05) is 0 Å². The second-order valence-corrected chi connectivity index (χ2v) is 4.57. The Bertz CT molecular complexity index is 653. The van der Waals surface area contributed by atoms with Crippen molar-refractivity contribution in [2.75, 3.05) is 7.11 Å². The van der Waals surface area contributed by atoms with Crippen molar-refractivity contribution in [3.05, 3.63) is 33.7 Å². The summed E-state index contributed by atoms with van der Waals surface area (Å²) in [5, 5.41) is 12.4. The Morgan fingerprint density at radius 2 is 2.21 bits per heavy atom. The molecule has 7 heteroatoms. The van der Waals surface area contributed by atoms with Crippen molar-refractivity contribution in [1.29, 1.82) is 0 Å². The summed E-state index contributed by atoms with van der Waals surface area (Å²) in [6.07, 6.45) is 0. The van der Waals surface area contributed by atoms with Crippen molar-refractivity contribution in [3.63, 3.8) is 0 Å². The van der Waals surface area contributed by atoms with Crippen LogP contribution in [-0.2, 0) is 0 Å². The van der Waals surface area contributed by atoms with Crippen LogP contribution in [0.3, 0.4) is 0 Å². The minimum Gasteiger partial charge on any atom is -0.496 e. The van der Waals surface area contributed by atoms with E-state index in [1.165, 1.54) is 19.2 Å². The van der Waals surface area contributed by atoms with Crippen LogP contribution in [0.25, 0.3) is 11.3 Å². The van der Waals surface area contributed by atoms with Gasteiger partial charge in [0.25, 0.3) is 0 Å². The molecule has 0 bridgehead atoms. The van der Waals surface area contributed by atoms with Crippen molar-refractivity contribution in [3.8, 4) is 17.0 Å². The molecule has 1 heterocycles. The molecule has 100 valence electrons. The van der Waals surface area contributed by atoms with Crippen LogP contribution in [0.4, 0.5) is 4.39 Å². The van der Waals surface area contributed by atoms with E-state index < -0.39 is 11.8 Å². The van der Waals surface area contributed by atoms with Gasteiger partial charge in [0.2, 0.25) is 5.76 Å². The normalized spacial score (nSPS) is 10.5. The Kier molecular flexibility index (Phi) is 3.57. The van der Waals surface area contributed by atoms with Crippen LogP contribution >= 0.6 is 15.9 Å². The predicted octanol–water partition coefficient (Wildman–Crippen LogP) is 3.26. The first-order chi connectivity index (χ1) is 8.95. The Hall–Kier alpha value is -1.89. The molecule has 1 N–H and O–H groups in total. The molecule has 1 aromatic heterocycles. The number of ether oxygens (including phenoxy) is 1. The summed E-state index contributed by atoms with van der Waals surface area (Å²) in [6.45, 7) is 1.68. The van der Waals surface area contributed by atoms with E-state index in [4.69, 9.17) is 9.84 Å². The van der Waals surface area contributed by atoms with E-state index in [0.29, 0.717) is 16.9 Å². The highest BCUT2D eigenvalue weighted by molar-refractivity contribution is 9.10. The van der Waals surface area contributed by atoms with Crippen LogP contribution in [0.1, 0.15) is 16.1 Å². The first-order valence-electron chi connectivity index (χ1n) is 5.18. The van der Waals surface area contributed by atoms with Crippen molar-refractivity contribution < 1.29 is 23.6 Å². The number of methoxy groups -OCH3 is 1. The van der Waals surface area contributed by atoms with Crippen molar-refractivity contribution in [1.82, 2.24) is 5.16 Å². The molecule has 0 aliphatic carbocycles. The number of benzene rings is 1. The summed E-state index contributed by atoms with van der Waals surface area (Å²) in [5.41, 5.74) is 1.07. The van der Waals surface area contributed by atoms with E-state index in [1.54, 1.807) is 6.92 Å². The fraction of sp³-hybridized carbons (Fsp3) is 0.167. The standard InChI is InChI=1S/C12H9BrFNO4/c1-5-3-6(14)10(13)9(11(5)18-2)7-4-8(12(16)17)19-15-7/h3-4H,1-2H3,(H,16,17). The number of aromatic nitrogens is 1. The van der Waals surface area contributed by atoms with Crippen LogP contribution in [0.2, 0.25) is 0 Å². The Morgan fingerprint density at radius 3 is 2.74 bits per heavy atom. The molecular weight excluding hydrogens is 321 g/mol. The molecule has 0 unspecified atom stereocenters. The Labute approximate surface area is 116 Å². The van der Waals surface area contributed by atoms with Crippen LogP contribution in [0.5, 0.6) is 5.75 Å². The van der Waals surface area contributed by atoms with Gasteiger partial charge in [-0.3, -0.25) is 0 Å². The number of nitrogens with zero attached hydrogens (tertiary/aromatic N) is 1. The Morgan fingerprint density at radius 1 is 1.53 bits per heavy atom. The lowest BCUT2D eigenvalue weighted by Crippen LogP contribution is -1.96. The maximum absolute atomic E-state index is 13.7. The zero-order chi connectivity index (χ0) is 14.2. The monoisotopic (exact) mass is 329 g/mol. The smallest absolute Gasteiger partial charge is 0.374 e. The number of carbonyl (C=O) groups is 1. The lowest BCUT2D eigenvalue weighted by molar-refractivity contribution is 0.0652. The molecule has 0 atom stereocenters. The average molecular weight is 330 g/mol. The fourth-order valence-corrected chi connectivity index (χ4v) is 2.22. The number of aryl methyl sites for hydroxylation is 1. The lowest BCUT2D eigenvalue weighted by atomic mass is 10.1. The zero-order valence-corrected chi connectivity index (χ0v) is 11.6. The third-order valence-corrected chi connectivity index (χ3v) is 3.31. The van der Waals surface area contributed by atoms with Gasteiger partial charge in [0.05, 0.1) is 17.1 Å². The summed E-state index contributed by atoms with van der Waals surface area (Å²) in [5.74, 6) is -1.67. The molecule has 19 heavy (non-hydrogen) atoms. The second-order valence-electron chi connectivity index (χ2n) is 3.78. The molecule has 2 aromatic rings. The van der Waals surface area contributed by atoms with Gasteiger partial charge in [-0.2, -0.15) is 0 Å². The van der Waals surface area contributed by atoms with Crippen molar-refractivity contribution in [2.24, 2.45) is 0 Å². The predicted molar refractivity (Wildman–Crippen MR) is 67.8 cm³/mol. The molecule has 0 radical (unpaired) electrons. The molecule has 5 nitrogen and oxygen atoms in total. The average Bonchev–Trinajstić information content (AvgIpc) is 2.82. The number of aromatic carboxylic acids is 1. The second kappa shape index (κ2) is 5.00. The van der Waals surface area contributed by atoms with Crippen LogP contribution in [0, 0.1) is 12.7 Å². The van der Waals surface area contributed by atoms with Gasteiger partial charge in [0.1, 0.15) is 17.3 Å². The number of hydrogen-bond acceptors (Lipinski definition) is 4. The Balaban J connectivity index is 2.69. The highest BCUT2D eigenvalue weighted by Crippen LogP contribution is 2.40. The first kappa shape index (κ1) is 13.5. The number of rotatable bonds is 3. The summed E-state index contributed by atoms with van der Waals surface area (Å²) in [6, 6.07) is 2.52.